The first-order chi connectivity index (χ1) is 9.99. The quantitative estimate of drug-likeness (QED) is 0.901. The number of nitrogens with zero attached hydrogens (tertiary/aromatic N) is 1. The molecule has 2 aromatic rings. The third kappa shape index (κ3) is 3.92. The summed E-state index contributed by atoms with van der Waals surface area (Å²) in [5.41, 5.74) is 1.38. The van der Waals surface area contributed by atoms with Crippen molar-refractivity contribution >= 4 is 29.0 Å². The Hall–Kier alpha value is -2.14. The molecular formula is C15H15ClFN3O. The number of carbonyl (C=O) groups is 1. The van der Waals surface area contributed by atoms with Crippen LogP contribution in [0.25, 0.3) is 0 Å². The number of nitrogens with one attached hydrogen (secondary N) is 2. The first kappa shape index (κ1) is 15.3. The summed E-state index contributed by atoms with van der Waals surface area (Å²) in [7, 11) is 0. The molecule has 1 aromatic heterocycles. The average Bonchev–Trinajstić information content (AvgIpc) is 2.42. The summed E-state index contributed by atoms with van der Waals surface area (Å²) in [5.74, 6) is -0.214. The zero-order chi connectivity index (χ0) is 15.4. The molecule has 0 aliphatic heterocycles. The molecular weight excluding hydrogens is 293 g/mol. The molecule has 0 spiro atoms. The lowest BCUT2D eigenvalue weighted by atomic mass is 10.2. The van der Waals surface area contributed by atoms with Crippen LogP contribution in [0.1, 0.15) is 23.0 Å². The Bertz CT molecular complexity index is 676. The fourth-order valence-corrected chi connectivity index (χ4v) is 2.02. The van der Waals surface area contributed by atoms with Gasteiger partial charge in [0, 0.05) is 17.8 Å². The van der Waals surface area contributed by atoms with Gasteiger partial charge in [-0.15, -0.1) is 0 Å². The van der Waals surface area contributed by atoms with Crippen LogP contribution in [0, 0.1) is 12.7 Å². The molecule has 0 saturated heterocycles. The number of aryl methyl sites for hydroxylation is 1. The zero-order valence-electron chi connectivity index (χ0n) is 11.7. The van der Waals surface area contributed by atoms with Crippen LogP contribution in [-0.2, 0) is 0 Å². The van der Waals surface area contributed by atoms with Crippen molar-refractivity contribution in [1.82, 2.24) is 4.98 Å². The lowest BCUT2D eigenvalue weighted by Crippen LogP contribution is -2.14. The molecule has 2 N–H and O–H groups in total. The van der Waals surface area contributed by atoms with Crippen LogP contribution in [0.2, 0.25) is 5.02 Å². The first-order valence-electron chi connectivity index (χ1n) is 6.48. The summed E-state index contributed by atoms with van der Waals surface area (Å²) in [4.78, 5) is 16.5. The highest BCUT2D eigenvalue weighted by atomic mass is 35.5. The molecule has 0 aliphatic carbocycles. The highest BCUT2D eigenvalue weighted by Gasteiger charge is 2.11. The lowest BCUT2D eigenvalue weighted by Gasteiger charge is -2.10. The molecule has 1 aromatic carbocycles. The number of rotatable bonds is 4. The van der Waals surface area contributed by atoms with Gasteiger partial charge in [-0.1, -0.05) is 11.6 Å². The highest BCUT2D eigenvalue weighted by Crippen LogP contribution is 2.23. The first-order valence-corrected chi connectivity index (χ1v) is 6.86. The molecule has 4 nitrogen and oxygen atoms in total. The third-order valence-corrected chi connectivity index (χ3v) is 3.08. The van der Waals surface area contributed by atoms with Crippen molar-refractivity contribution in [1.29, 1.82) is 0 Å². The minimum absolute atomic E-state index is 0.237. The van der Waals surface area contributed by atoms with Gasteiger partial charge in [0.15, 0.2) is 0 Å². The average molecular weight is 308 g/mol. The van der Waals surface area contributed by atoms with Crippen molar-refractivity contribution in [2.24, 2.45) is 0 Å². The van der Waals surface area contributed by atoms with Crippen molar-refractivity contribution in [3.63, 3.8) is 0 Å². The molecule has 0 saturated carbocycles. The number of hydrogen-bond acceptors (Lipinski definition) is 3. The van der Waals surface area contributed by atoms with Crippen molar-refractivity contribution < 1.29 is 9.18 Å². The van der Waals surface area contributed by atoms with E-state index >= 15 is 0 Å². The van der Waals surface area contributed by atoms with E-state index in [2.05, 4.69) is 15.6 Å². The summed E-state index contributed by atoms with van der Waals surface area (Å²) in [6.07, 6.45) is 0. The number of amides is 1. The smallest absolute Gasteiger partial charge is 0.255 e. The Morgan fingerprint density at radius 2 is 2.10 bits per heavy atom. The van der Waals surface area contributed by atoms with Gasteiger partial charge < -0.3 is 10.6 Å². The molecule has 110 valence electrons. The Kier molecular flexibility index (Phi) is 4.75. The number of hydrogen-bond donors (Lipinski definition) is 2. The highest BCUT2D eigenvalue weighted by molar-refractivity contribution is 6.33. The topological polar surface area (TPSA) is 54.0 Å². The number of aromatic nitrogens is 1. The van der Waals surface area contributed by atoms with Gasteiger partial charge in [0.2, 0.25) is 0 Å². The Balaban J connectivity index is 2.25. The molecule has 21 heavy (non-hydrogen) atoms. The van der Waals surface area contributed by atoms with Crippen LogP contribution in [-0.4, -0.2) is 17.4 Å². The SMILES string of the molecule is CCNc1cc(C(=O)Nc2cc(F)ccc2Cl)cc(C)n1. The monoisotopic (exact) mass is 307 g/mol. The number of halogens is 2. The second kappa shape index (κ2) is 6.54. The van der Waals surface area contributed by atoms with E-state index in [0.717, 1.165) is 0 Å². The van der Waals surface area contributed by atoms with Gasteiger partial charge >= 0.3 is 0 Å². The molecule has 1 amide bonds. The maximum atomic E-state index is 13.2. The molecule has 0 bridgehead atoms. The maximum Gasteiger partial charge on any atom is 0.255 e. The predicted molar refractivity (Wildman–Crippen MR) is 82.5 cm³/mol. The summed E-state index contributed by atoms with van der Waals surface area (Å²) in [5, 5.41) is 5.93. The summed E-state index contributed by atoms with van der Waals surface area (Å²) >= 11 is 5.93. The van der Waals surface area contributed by atoms with E-state index in [-0.39, 0.29) is 16.6 Å². The standard InChI is InChI=1S/C15H15ClFN3O/c1-3-18-14-7-10(6-9(2)19-14)15(21)20-13-8-11(17)4-5-12(13)16/h4-8H,3H2,1-2H3,(H,18,19)(H,20,21). The fraction of sp³-hybridized carbons (Fsp3) is 0.200. The molecule has 0 unspecified atom stereocenters. The molecule has 2 rings (SSSR count). The second-order valence-corrected chi connectivity index (χ2v) is 4.90. The third-order valence-electron chi connectivity index (χ3n) is 2.75. The van der Waals surface area contributed by atoms with Gasteiger partial charge in [-0.3, -0.25) is 4.79 Å². The maximum absolute atomic E-state index is 13.2. The molecule has 0 atom stereocenters. The van der Waals surface area contributed by atoms with Gasteiger partial charge in [0.05, 0.1) is 10.7 Å². The van der Waals surface area contributed by atoms with Gasteiger partial charge in [0.25, 0.3) is 5.91 Å². The van der Waals surface area contributed by atoms with Crippen LogP contribution < -0.4 is 10.6 Å². The van der Waals surface area contributed by atoms with Crippen molar-refractivity contribution in [3.05, 3.63) is 52.4 Å². The van der Waals surface area contributed by atoms with Gasteiger partial charge in [-0.05, 0) is 44.2 Å². The molecule has 1 heterocycles. The van der Waals surface area contributed by atoms with Crippen LogP contribution in [0.5, 0.6) is 0 Å². The number of anilines is 2. The summed E-state index contributed by atoms with van der Waals surface area (Å²) in [6.45, 7) is 4.44. The number of pyridine rings is 1. The fourth-order valence-electron chi connectivity index (χ4n) is 1.86. The molecule has 6 heteroatoms. The second-order valence-electron chi connectivity index (χ2n) is 4.49. The van der Waals surface area contributed by atoms with E-state index in [0.29, 0.717) is 23.6 Å². The summed E-state index contributed by atoms with van der Waals surface area (Å²) in [6, 6.07) is 7.11. The van der Waals surface area contributed by atoms with Crippen LogP contribution in [0.15, 0.2) is 30.3 Å². The largest absolute Gasteiger partial charge is 0.370 e. The van der Waals surface area contributed by atoms with E-state index < -0.39 is 5.82 Å². The molecule has 0 fully saturated rings. The Morgan fingerprint density at radius 1 is 1.33 bits per heavy atom. The lowest BCUT2D eigenvalue weighted by molar-refractivity contribution is 0.102. The van der Waals surface area contributed by atoms with E-state index in [9.17, 15) is 9.18 Å². The number of carbonyl (C=O) groups excluding carboxylic acids is 1. The van der Waals surface area contributed by atoms with Crippen molar-refractivity contribution in [2.45, 2.75) is 13.8 Å². The van der Waals surface area contributed by atoms with E-state index in [1.54, 1.807) is 19.1 Å². The van der Waals surface area contributed by atoms with E-state index in [1.807, 2.05) is 6.92 Å². The zero-order valence-corrected chi connectivity index (χ0v) is 12.5. The molecule has 0 aliphatic rings. The number of benzene rings is 1. The van der Waals surface area contributed by atoms with Crippen molar-refractivity contribution in [2.75, 3.05) is 17.2 Å². The van der Waals surface area contributed by atoms with E-state index in [4.69, 9.17) is 11.6 Å². The predicted octanol–water partition coefficient (Wildman–Crippen LogP) is 3.87. The minimum atomic E-state index is -0.464. The van der Waals surface area contributed by atoms with Gasteiger partial charge in [-0.25, -0.2) is 9.37 Å². The van der Waals surface area contributed by atoms with Crippen LogP contribution in [0.3, 0.4) is 0 Å². The van der Waals surface area contributed by atoms with Crippen LogP contribution >= 0.6 is 11.6 Å². The normalized spacial score (nSPS) is 10.3. The summed E-state index contributed by atoms with van der Waals surface area (Å²) < 4.78 is 13.2. The van der Waals surface area contributed by atoms with Gasteiger partial charge in [0.1, 0.15) is 11.6 Å². The van der Waals surface area contributed by atoms with E-state index in [1.165, 1.54) is 18.2 Å². The van der Waals surface area contributed by atoms with Crippen LogP contribution in [0.4, 0.5) is 15.9 Å². The van der Waals surface area contributed by atoms with Gasteiger partial charge in [-0.2, -0.15) is 0 Å². The van der Waals surface area contributed by atoms with Crippen molar-refractivity contribution in [3.8, 4) is 0 Å². The minimum Gasteiger partial charge on any atom is -0.370 e. The molecule has 0 radical (unpaired) electrons. The Labute approximate surface area is 127 Å². The Morgan fingerprint density at radius 3 is 2.81 bits per heavy atom.